The molecule has 0 aliphatic carbocycles. The number of benzene rings is 2. The largest absolute Gasteiger partial charge is 0.352 e. The van der Waals surface area contributed by atoms with Gasteiger partial charge in [0.05, 0.1) is 0 Å². The Hall–Kier alpha value is -2.02. The minimum absolute atomic E-state index is 0. The zero-order valence-corrected chi connectivity index (χ0v) is 17.5. The van der Waals surface area contributed by atoms with E-state index < -0.39 is 0 Å². The number of hydrogen-bond donors (Lipinski definition) is 3. The van der Waals surface area contributed by atoms with E-state index in [1.54, 1.807) is 0 Å². The van der Waals surface area contributed by atoms with E-state index in [1.165, 1.54) is 0 Å². The molecule has 0 bridgehead atoms. The quantitative estimate of drug-likeness (QED) is 0.671. The molecule has 2 aromatic carbocycles. The molecule has 0 saturated carbocycles. The average Bonchev–Trinajstić information content (AvgIpc) is 2.68. The first kappa shape index (κ1) is 22.3. The predicted octanol–water partition coefficient (Wildman–Crippen LogP) is 3.38. The van der Waals surface area contributed by atoms with Gasteiger partial charge in [0.15, 0.2) is 0 Å². The predicted molar refractivity (Wildman–Crippen MR) is 118 cm³/mol. The van der Waals surface area contributed by atoms with Crippen LogP contribution in [0.3, 0.4) is 0 Å². The number of rotatable bonds is 6. The molecule has 2 aromatic rings. The summed E-state index contributed by atoms with van der Waals surface area (Å²) in [4.78, 5) is 24.5. The highest BCUT2D eigenvalue weighted by Gasteiger charge is 2.16. The number of aryl methyl sites for hydroxylation is 1. The van der Waals surface area contributed by atoms with Gasteiger partial charge >= 0.3 is 0 Å². The molecule has 1 unspecified atom stereocenters. The fraction of sp³-hybridized carbons (Fsp3) is 0.333. The third kappa shape index (κ3) is 6.86. The number of nitrogens with one attached hydrogen (secondary N) is 3. The smallest absolute Gasteiger partial charge is 0.255 e. The highest BCUT2D eigenvalue weighted by Crippen LogP contribution is 2.14. The maximum atomic E-state index is 12.3. The van der Waals surface area contributed by atoms with Crippen LogP contribution in [0.4, 0.5) is 5.69 Å². The van der Waals surface area contributed by atoms with Crippen LogP contribution in [-0.2, 0) is 11.3 Å². The van der Waals surface area contributed by atoms with Gasteiger partial charge in [0.1, 0.15) is 0 Å². The number of anilines is 1. The summed E-state index contributed by atoms with van der Waals surface area (Å²) < 4.78 is 0. The fourth-order valence-corrected chi connectivity index (χ4v) is 3.86. The van der Waals surface area contributed by atoms with Crippen molar-refractivity contribution >= 4 is 41.7 Å². The molecule has 3 N–H and O–H groups in total. The van der Waals surface area contributed by atoms with Crippen molar-refractivity contribution in [1.82, 2.24) is 10.6 Å². The summed E-state index contributed by atoms with van der Waals surface area (Å²) in [6.45, 7) is 3.40. The Labute approximate surface area is 176 Å². The van der Waals surface area contributed by atoms with Crippen LogP contribution < -0.4 is 16.0 Å². The van der Waals surface area contributed by atoms with Crippen molar-refractivity contribution in [3.8, 4) is 0 Å². The van der Waals surface area contributed by atoms with Gasteiger partial charge in [-0.2, -0.15) is 11.8 Å². The fourth-order valence-electron chi connectivity index (χ4n) is 2.91. The van der Waals surface area contributed by atoms with Gasteiger partial charge in [-0.25, -0.2) is 0 Å². The highest BCUT2D eigenvalue weighted by molar-refractivity contribution is 7.99. The zero-order valence-electron chi connectivity index (χ0n) is 15.9. The number of hydrogen-bond acceptors (Lipinski definition) is 4. The van der Waals surface area contributed by atoms with Crippen molar-refractivity contribution in [1.29, 1.82) is 0 Å². The Kier molecular flexibility index (Phi) is 8.83. The van der Waals surface area contributed by atoms with Gasteiger partial charge in [-0.05, 0) is 36.8 Å². The molecule has 1 fully saturated rings. The van der Waals surface area contributed by atoms with Crippen LogP contribution in [0.15, 0.2) is 48.5 Å². The van der Waals surface area contributed by atoms with Gasteiger partial charge in [-0.15, -0.1) is 12.4 Å². The van der Waals surface area contributed by atoms with E-state index >= 15 is 0 Å². The lowest BCUT2D eigenvalue weighted by Crippen LogP contribution is -2.41. The van der Waals surface area contributed by atoms with Crippen LogP contribution in [0.2, 0.25) is 0 Å². The lowest BCUT2D eigenvalue weighted by Gasteiger charge is -2.22. The Morgan fingerprint density at radius 3 is 2.68 bits per heavy atom. The van der Waals surface area contributed by atoms with Crippen LogP contribution in [0, 0.1) is 6.92 Å². The average molecular weight is 420 g/mol. The second-order valence-electron chi connectivity index (χ2n) is 6.73. The lowest BCUT2D eigenvalue weighted by molar-refractivity contribution is -0.121. The highest BCUT2D eigenvalue weighted by atomic mass is 35.5. The van der Waals surface area contributed by atoms with Crippen LogP contribution in [-0.4, -0.2) is 35.9 Å². The lowest BCUT2D eigenvalue weighted by atomic mass is 10.1. The molecular formula is C21H26ClN3O2S. The van der Waals surface area contributed by atoms with Crippen molar-refractivity contribution in [2.45, 2.75) is 25.9 Å². The third-order valence-electron chi connectivity index (χ3n) is 4.42. The maximum absolute atomic E-state index is 12.3. The molecule has 7 heteroatoms. The molecule has 1 aliphatic rings. The summed E-state index contributed by atoms with van der Waals surface area (Å²) in [5.41, 5.74) is 3.41. The molecule has 1 aliphatic heterocycles. The number of carbonyl (C=O) groups excluding carboxylic acids is 2. The minimum Gasteiger partial charge on any atom is -0.352 e. The molecule has 0 radical (unpaired) electrons. The SMILES string of the molecule is Cc1ccc(C(=O)Nc2cccc(CNC(=O)CC3CSCCN3)c2)cc1.Cl. The zero-order chi connectivity index (χ0) is 19.1. The van der Waals surface area contributed by atoms with E-state index in [9.17, 15) is 9.59 Å². The Bertz CT molecular complexity index is 792. The van der Waals surface area contributed by atoms with Crippen LogP contribution in [0.5, 0.6) is 0 Å². The molecule has 1 atom stereocenters. The first-order valence-electron chi connectivity index (χ1n) is 9.15. The molecule has 1 saturated heterocycles. The first-order chi connectivity index (χ1) is 13.1. The Morgan fingerprint density at radius 1 is 1.18 bits per heavy atom. The van der Waals surface area contributed by atoms with Gasteiger partial charge in [-0.1, -0.05) is 29.8 Å². The van der Waals surface area contributed by atoms with E-state index in [2.05, 4.69) is 16.0 Å². The molecule has 0 aromatic heterocycles. The second kappa shape index (κ2) is 11.1. The standard InChI is InChI=1S/C21H25N3O2S.ClH/c1-15-5-7-17(8-6-15)21(26)24-18-4-2-3-16(11-18)13-23-20(25)12-19-14-27-10-9-22-19;/h2-8,11,19,22H,9-10,12-14H2,1H3,(H,23,25)(H,24,26);1H. The van der Waals surface area contributed by atoms with Crippen molar-refractivity contribution < 1.29 is 9.59 Å². The van der Waals surface area contributed by atoms with Gasteiger partial charge in [-0.3, -0.25) is 9.59 Å². The summed E-state index contributed by atoms with van der Waals surface area (Å²) in [7, 11) is 0. The Balaban J connectivity index is 0.00000280. The summed E-state index contributed by atoms with van der Waals surface area (Å²) in [5.74, 6) is 1.99. The number of amides is 2. The molecule has 2 amide bonds. The Morgan fingerprint density at radius 2 is 1.96 bits per heavy atom. The first-order valence-corrected chi connectivity index (χ1v) is 10.3. The topological polar surface area (TPSA) is 70.2 Å². The van der Waals surface area contributed by atoms with E-state index in [1.807, 2.05) is 67.2 Å². The molecule has 3 rings (SSSR count). The third-order valence-corrected chi connectivity index (χ3v) is 5.55. The summed E-state index contributed by atoms with van der Waals surface area (Å²) in [6, 6.07) is 15.3. The van der Waals surface area contributed by atoms with Crippen molar-refractivity contribution in [3.63, 3.8) is 0 Å². The van der Waals surface area contributed by atoms with Gasteiger partial charge < -0.3 is 16.0 Å². The molecule has 150 valence electrons. The maximum Gasteiger partial charge on any atom is 0.255 e. The van der Waals surface area contributed by atoms with Gasteiger partial charge in [0, 0.05) is 48.3 Å². The van der Waals surface area contributed by atoms with Crippen LogP contribution in [0.1, 0.15) is 27.9 Å². The van der Waals surface area contributed by atoms with E-state index in [-0.39, 0.29) is 30.3 Å². The normalized spacial score (nSPS) is 16.0. The second-order valence-corrected chi connectivity index (χ2v) is 7.88. The van der Waals surface area contributed by atoms with Crippen molar-refractivity contribution in [3.05, 3.63) is 65.2 Å². The van der Waals surface area contributed by atoms with E-state index in [0.717, 1.165) is 34.9 Å². The molecule has 5 nitrogen and oxygen atoms in total. The number of thioether (sulfide) groups is 1. The van der Waals surface area contributed by atoms with E-state index in [0.29, 0.717) is 18.5 Å². The molecule has 28 heavy (non-hydrogen) atoms. The monoisotopic (exact) mass is 419 g/mol. The summed E-state index contributed by atoms with van der Waals surface area (Å²) >= 11 is 1.88. The molecule has 0 spiro atoms. The van der Waals surface area contributed by atoms with Gasteiger partial charge in [0.25, 0.3) is 5.91 Å². The molecule has 1 heterocycles. The van der Waals surface area contributed by atoms with Gasteiger partial charge in [0.2, 0.25) is 5.91 Å². The minimum atomic E-state index is -0.142. The van der Waals surface area contributed by atoms with Crippen LogP contribution in [0.25, 0.3) is 0 Å². The van der Waals surface area contributed by atoms with Crippen LogP contribution >= 0.6 is 24.2 Å². The van der Waals surface area contributed by atoms with Crippen molar-refractivity contribution in [2.24, 2.45) is 0 Å². The molecular weight excluding hydrogens is 394 g/mol. The number of halogens is 1. The van der Waals surface area contributed by atoms with Crippen molar-refractivity contribution in [2.75, 3.05) is 23.4 Å². The summed E-state index contributed by atoms with van der Waals surface area (Å²) in [6.07, 6.45) is 0.497. The van der Waals surface area contributed by atoms with E-state index in [4.69, 9.17) is 0 Å². The summed E-state index contributed by atoms with van der Waals surface area (Å²) in [5, 5.41) is 9.24. The number of carbonyl (C=O) groups is 2.